The molecule has 0 bridgehead atoms. The zero-order valence-corrected chi connectivity index (χ0v) is 13.3. The number of nitrogens with two attached hydrogens (primary N) is 1. The molecule has 2 N–H and O–H groups in total. The molecule has 0 fully saturated rings. The van der Waals surface area contributed by atoms with Gasteiger partial charge in [0.05, 0.1) is 0 Å². The van der Waals surface area contributed by atoms with Gasteiger partial charge in [0, 0.05) is 13.2 Å². The molecule has 0 aliphatic heterocycles. The normalized spacial score (nSPS) is 13.2. The van der Waals surface area contributed by atoms with E-state index < -0.39 is 9.90 Å². The maximum absolute atomic E-state index is 5.71. The fraction of sp³-hybridized carbons (Fsp3) is 1.00. The highest BCUT2D eigenvalue weighted by Gasteiger charge is 2.32. The average Bonchev–Trinajstić information content (AvgIpc) is 2.20. The molecule has 0 spiro atoms. The zero-order chi connectivity index (χ0) is 12.4. The molecule has 0 rings (SSSR count). The smallest absolute Gasteiger partial charge is 0.217 e. The van der Waals surface area contributed by atoms with E-state index >= 15 is 0 Å². The molecule has 0 aromatic heterocycles. The summed E-state index contributed by atoms with van der Waals surface area (Å²) >= 11 is 17.1. The first-order chi connectivity index (χ1) is 7.52. The van der Waals surface area contributed by atoms with Gasteiger partial charge in [0.1, 0.15) is 6.10 Å². The summed E-state index contributed by atoms with van der Waals surface area (Å²) in [7, 11) is 0. The Bertz CT molecular complexity index is 164. The molecule has 6 heteroatoms. The molecule has 0 aliphatic rings. The first-order valence-electron chi connectivity index (χ1n) is 5.90. The highest BCUT2D eigenvalue weighted by Crippen LogP contribution is 2.31. The molecule has 0 radical (unpaired) electrons. The third-order valence-electron chi connectivity index (χ3n) is 2.40. The van der Waals surface area contributed by atoms with Crippen LogP contribution in [0.2, 0.25) is 0 Å². The molecule has 0 aliphatic carbocycles. The topological polar surface area (TPSA) is 35.2 Å². The third kappa shape index (κ3) is 11.9. The second-order valence-corrected chi connectivity index (χ2v) is 6.27. The van der Waals surface area contributed by atoms with E-state index in [0.717, 1.165) is 12.8 Å². The summed E-state index contributed by atoms with van der Waals surface area (Å²) < 4.78 is 4.02. The fourth-order valence-corrected chi connectivity index (χ4v) is 1.86. The van der Waals surface area contributed by atoms with Gasteiger partial charge in [-0.05, 0) is 6.42 Å². The van der Waals surface area contributed by atoms with E-state index in [-0.39, 0.29) is 19.0 Å². The molecule has 1 unspecified atom stereocenters. The predicted octanol–water partition coefficient (Wildman–Crippen LogP) is 4.48. The molecule has 0 aromatic rings. The van der Waals surface area contributed by atoms with Crippen molar-refractivity contribution in [1.82, 2.24) is 0 Å². The maximum atomic E-state index is 5.71. The first kappa shape index (κ1) is 20.4. The number of hydrogen-bond donors (Lipinski definition) is 1. The first-order valence-corrected chi connectivity index (χ1v) is 7.04. The van der Waals surface area contributed by atoms with Gasteiger partial charge in [-0.25, -0.2) is 0 Å². The third-order valence-corrected chi connectivity index (χ3v) is 3.13. The van der Waals surface area contributed by atoms with Crippen LogP contribution in [-0.2, 0) is 4.74 Å². The minimum Gasteiger partial charge on any atom is -0.372 e. The minimum atomic E-state index is -1.42. The van der Waals surface area contributed by atoms with Crippen molar-refractivity contribution in [2.24, 2.45) is 5.73 Å². The van der Waals surface area contributed by atoms with E-state index in [2.05, 4.69) is 6.92 Å². The Morgan fingerprint density at radius 3 is 2.06 bits per heavy atom. The molecule has 0 saturated heterocycles. The minimum absolute atomic E-state index is 0. The number of alkyl halides is 3. The van der Waals surface area contributed by atoms with Crippen LogP contribution < -0.4 is 5.73 Å². The Kier molecular flexibility index (Phi) is 14.6. The van der Waals surface area contributed by atoms with Crippen LogP contribution in [0, 0.1) is 0 Å². The van der Waals surface area contributed by atoms with Crippen molar-refractivity contribution in [3.63, 3.8) is 0 Å². The second kappa shape index (κ2) is 12.1. The summed E-state index contributed by atoms with van der Waals surface area (Å²) in [6.45, 7) is 3.05. The van der Waals surface area contributed by atoms with Crippen molar-refractivity contribution in [2.75, 3.05) is 13.2 Å². The van der Waals surface area contributed by atoms with Crippen molar-refractivity contribution >= 4 is 47.2 Å². The van der Waals surface area contributed by atoms with Gasteiger partial charge in [-0.1, -0.05) is 73.8 Å². The van der Waals surface area contributed by atoms with Crippen LogP contribution in [-0.4, -0.2) is 23.0 Å². The lowest BCUT2D eigenvalue weighted by Gasteiger charge is -2.23. The van der Waals surface area contributed by atoms with Crippen molar-refractivity contribution in [3.05, 3.63) is 0 Å². The van der Waals surface area contributed by atoms with E-state index in [1.54, 1.807) is 0 Å². The van der Waals surface area contributed by atoms with E-state index in [4.69, 9.17) is 45.3 Å². The van der Waals surface area contributed by atoms with E-state index in [1.807, 2.05) is 0 Å². The summed E-state index contributed by atoms with van der Waals surface area (Å²) in [5.74, 6) is 0. The molecule has 106 valence electrons. The SMILES string of the molecule is CCCCCCCCOC(CN)C(Cl)(Cl)Cl.Cl. The van der Waals surface area contributed by atoms with Crippen molar-refractivity contribution in [1.29, 1.82) is 0 Å². The van der Waals surface area contributed by atoms with Crippen LogP contribution >= 0.6 is 47.2 Å². The Labute approximate surface area is 126 Å². The summed E-state index contributed by atoms with van der Waals surface area (Å²) in [5.41, 5.74) is 5.46. The van der Waals surface area contributed by atoms with Gasteiger partial charge in [-0.2, -0.15) is 0 Å². The van der Waals surface area contributed by atoms with Crippen LogP contribution in [0.15, 0.2) is 0 Å². The molecular weight excluding hydrogens is 304 g/mol. The Hall–Kier alpha value is 1.08. The number of halogens is 4. The molecule has 1 atom stereocenters. The molecule has 2 nitrogen and oxygen atoms in total. The van der Waals surface area contributed by atoms with E-state index in [0.29, 0.717) is 6.61 Å². The van der Waals surface area contributed by atoms with Gasteiger partial charge in [0.2, 0.25) is 3.79 Å². The van der Waals surface area contributed by atoms with Crippen molar-refractivity contribution < 1.29 is 4.74 Å². The van der Waals surface area contributed by atoms with Crippen LogP contribution in [0.5, 0.6) is 0 Å². The highest BCUT2D eigenvalue weighted by atomic mass is 35.6. The van der Waals surface area contributed by atoms with Gasteiger partial charge in [0.15, 0.2) is 0 Å². The number of hydrogen-bond acceptors (Lipinski definition) is 2. The van der Waals surface area contributed by atoms with Crippen LogP contribution in [0.3, 0.4) is 0 Å². The van der Waals surface area contributed by atoms with Crippen molar-refractivity contribution in [2.45, 2.75) is 55.3 Å². The summed E-state index contributed by atoms with van der Waals surface area (Å²) in [6.07, 6.45) is 6.77. The van der Waals surface area contributed by atoms with Gasteiger partial charge in [-0.15, -0.1) is 12.4 Å². The van der Waals surface area contributed by atoms with E-state index in [9.17, 15) is 0 Å². The van der Waals surface area contributed by atoms with E-state index in [1.165, 1.54) is 25.7 Å². The maximum Gasteiger partial charge on any atom is 0.217 e. The average molecular weight is 327 g/mol. The van der Waals surface area contributed by atoms with Crippen LogP contribution in [0.25, 0.3) is 0 Å². The molecule has 0 saturated carbocycles. The standard InChI is InChI=1S/C11H22Cl3NO.ClH/c1-2-3-4-5-6-7-8-16-10(9-15)11(12,13)14;/h10H,2-9,15H2,1H3;1H. The zero-order valence-electron chi connectivity index (χ0n) is 10.3. The lowest BCUT2D eigenvalue weighted by molar-refractivity contribution is 0.0589. The molecule has 0 heterocycles. The van der Waals surface area contributed by atoms with Crippen LogP contribution in [0.4, 0.5) is 0 Å². The predicted molar refractivity (Wildman–Crippen MR) is 79.7 cm³/mol. The number of rotatable bonds is 9. The summed E-state index contributed by atoms with van der Waals surface area (Å²) in [4.78, 5) is 0. The van der Waals surface area contributed by atoms with Gasteiger partial charge in [0.25, 0.3) is 0 Å². The Balaban J connectivity index is 0. The summed E-state index contributed by atoms with van der Waals surface area (Å²) in [6, 6.07) is 0. The quantitative estimate of drug-likeness (QED) is 0.500. The number of unbranched alkanes of at least 4 members (excludes halogenated alkanes) is 5. The monoisotopic (exact) mass is 325 g/mol. The Morgan fingerprint density at radius 1 is 1.06 bits per heavy atom. The highest BCUT2D eigenvalue weighted by molar-refractivity contribution is 6.68. The van der Waals surface area contributed by atoms with Crippen LogP contribution in [0.1, 0.15) is 45.4 Å². The fourth-order valence-electron chi connectivity index (χ4n) is 1.40. The Morgan fingerprint density at radius 2 is 1.59 bits per heavy atom. The lowest BCUT2D eigenvalue weighted by atomic mass is 10.1. The molecule has 0 aromatic carbocycles. The molecule has 0 amide bonds. The molecular formula is C11H23Cl4NO. The molecule has 17 heavy (non-hydrogen) atoms. The second-order valence-electron chi connectivity index (χ2n) is 3.90. The summed E-state index contributed by atoms with van der Waals surface area (Å²) in [5, 5.41) is 0. The largest absolute Gasteiger partial charge is 0.372 e. The van der Waals surface area contributed by atoms with Crippen molar-refractivity contribution in [3.8, 4) is 0 Å². The van der Waals surface area contributed by atoms with Gasteiger partial charge >= 0.3 is 0 Å². The van der Waals surface area contributed by atoms with Gasteiger partial charge < -0.3 is 10.5 Å². The van der Waals surface area contributed by atoms with Gasteiger partial charge in [-0.3, -0.25) is 0 Å². The number of ether oxygens (including phenoxy) is 1. The lowest BCUT2D eigenvalue weighted by Crippen LogP contribution is -2.36.